The summed E-state index contributed by atoms with van der Waals surface area (Å²) < 4.78 is 5.71. The zero-order valence-corrected chi connectivity index (χ0v) is 14.2. The van der Waals surface area contributed by atoms with Gasteiger partial charge in [-0.1, -0.05) is 12.1 Å². The summed E-state index contributed by atoms with van der Waals surface area (Å²) in [5.41, 5.74) is -0.353. The van der Waals surface area contributed by atoms with Crippen LogP contribution in [-0.2, 0) is 11.4 Å². The minimum Gasteiger partial charge on any atom is -0.489 e. The highest BCUT2D eigenvalue weighted by Crippen LogP contribution is 2.24. The second kappa shape index (κ2) is 7.53. The molecule has 0 spiro atoms. The number of aliphatic hydroxyl groups is 1. The Morgan fingerprint density at radius 3 is 2.62 bits per heavy atom. The number of piperidine rings is 1. The molecule has 1 aliphatic heterocycles. The van der Waals surface area contributed by atoms with Gasteiger partial charge >= 0.3 is 5.97 Å². The van der Waals surface area contributed by atoms with E-state index in [1.165, 1.54) is 0 Å². The molecule has 136 valence electrons. The molecule has 0 aliphatic carbocycles. The number of aromatic nitrogens is 1. The molecule has 1 aliphatic rings. The van der Waals surface area contributed by atoms with Crippen molar-refractivity contribution < 1.29 is 24.5 Å². The maximum atomic E-state index is 12.6. The predicted molar refractivity (Wildman–Crippen MR) is 92.7 cm³/mol. The highest BCUT2D eigenvalue weighted by molar-refractivity contribution is 5.94. The molecule has 2 aromatic rings. The van der Waals surface area contributed by atoms with Gasteiger partial charge in [-0.05, 0) is 24.3 Å². The predicted octanol–water partition coefficient (Wildman–Crippen LogP) is 1.71. The molecule has 0 saturated carbocycles. The number of rotatable bonds is 5. The lowest BCUT2D eigenvalue weighted by molar-refractivity contribution is -0.162. The second-order valence-electron chi connectivity index (χ2n) is 6.31. The van der Waals surface area contributed by atoms with Gasteiger partial charge in [0.25, 0.3) is 5.91 Å². The van der Waals surface area contributed by atoms with Crippen molar-refractivity contribution in [3.8, 4) is 5.75 Å². The summed E-state index contributed by atoms with van der Waals surface area (Å²) in [5.74, 6) is -0.876. The van der Waals surface area contributed by atoms with Crippen LogP contribution in [0.15, 0.2) is 48.8 Å². The van der Waals surface area contributed by atoms with E-state index in [-0.39, 0.29) is 31.8 Å². The van der Waals surface area contributed by atoms with Crippen LogP contribution in [-0.4, -0.2) is 50.7 Å². The molecular weight excluding hydrogens is 336 g/mol. The summed E-state index contributed by atoms with van der Waals surface area (Å²) in [7, 11) is 0. The molecule has 7 nitrogen and oxygen atoms in total. The second-order valence-corrected chi connectivity index (χ2v) is 6.31. The molecule has 2 N–H and O–H groups in total. The van der Waals surface area contributed by atoms with Crippen LogP contribution in [0, 0.1) is 0 Å². The van der Waals surface area contributed by atoms with Crippen molar-refractivity contribution in [1.29, 1.82) is 0 Å². The number of likely N-dealkylation sites (tertiary alicyclic amines) is 1. The Kier molecular flexibility index (Phi) is 5.18. The lowest BCUT2D eigenvalue weighted by atomic mass is 9.91. The highest BCUT2D eigenvalue weighted by atomic mass is 16.5. The molecule has 0 unspecified atom stereocenters. The van der Waals surface area contributed by atoms with Crippen LogP contribution in [0.5, 0.6) is 5.75 Å². The van der Waals surface area contributed by atoms with Crippen LogP contribution < -0.4 is 4.74 Å². The van der Waals surface area contributed by atoms with Crippen molar-refractivity contribution in [2.45, 2.75) is 25.0 Å². The number of hydrogen-bond acceptors (Lipinski definition) is 5. The number of nitrogens with zero attached hydrogens (tertiary/aromatic N) is 2. The molecule has 2 heterocycles. The summed E-state index contributed by atoms with van der Waals surface area (Å²) in [6.45, 7) is 0.742. The van der Waals surface area contributed by atoms with Crippen LogP contribution in [0.2, 0.25) is 0 Å². The first kappa shape index (κ1) is 17.9. The van der Waals surface area contributed by atoms with Crippen LogP contribution in [0.25, 0.3) is 0 Å². The van der Waals surface area contributed by atoms with Gasteiger partial charge in [-0.15, -0.1) is 0 Å². The zero-order chi connectivity index (χ0) is 18.6. The van der Waals surface area contributed by atoms with Crippen LogP contribution >= 0.6 is 0 Å². The quantitative estimate of drug-likeness (QED) is 0.846. The summed E-state index contributed by atoms with van der Waals surface area (Å²) in [6, 6.07) is 10.6. The number of pyridine rings is 1. The molecule has 1 saturated heterocycles. The number of aliphatic carboxylic acids is 1. The first-order valence-electron chi connectivity index (χ1n) is 8.35. The van der Waals surface area contributed by atoms with E-state index in [9.17, 15) is 14.7 Å². The van der Waals surface area contributed by atoms with E-state index in [2.05, 4.69) is 4.98 Å². The Morgan fingerprint density at radius 2 is 1.96 bits per heavy atom. The number of amides is 1. The van der Waals surface area contributed by atoms with Gasteiger partial charge in [0, 0.05) is 49.5 Å². The van der Waals surface area contributed by atoms with Gasteiger partial charge < -0.3 is 19.8 Å². The van der Waals surface area contributed by atoms with Crippen molar-refractivity contribution in [3.63, 3.8) is 0 Å². The fourth-order valence-corrected chi connectivity index (χ4v) is 2.85. The first-order valence-corrected chi connectivity index (χ1v) is 8.35. The molecular formula is C19H20N2O5. The summed E-state index contributed by atoms with van der Waals surface area (Å²) in [4.78, 5) is 29.3. The third-order valence-electron chi connectivity index (χ3n) is 4.49. The third-order valence-corrected chi connectivity index (χ3v) is 4.49. The Balaban J connectivity index is 1.63. The molecule has 0 atom stereocenters. The maximum Gasteiger partial charge on any atom is 0.335 e. The van der Waals surface area contributed by atoms with Crippen molar-refractivity contribution >= 4 is 11.9 Å². The van der Waals surface area contributed by atoms with Crippen LogP contribution in [0.4, 0.5) is 0 Å². The number of hydrogen-bond donors (Lipinski definition) is 2. The van der Waals surface area contributed by atoms with E-state index >= 15 is 0 Å². The Labute approximate surface area is 150 Å². The zero-order valence-electron chi connectivity index (χ0n) is 14.2. The topological polar surface area (TPSA) is 100.0 Å². The lowest BCUT2D eigenvalue weighted by Gasteiger charge is -2.35. The number of carbonyl (C=O) groups is 2. The summed E-state index contributed by atoms with van der Waals surface area (Å²) in [5, 5.41) is 19.0. The number of carboxylic acids is 1. The molecule has 1 aromatic heterocycles. The average molecular weight is 356 g/mol. The molecule has 3 rings (SSSR count). The highest BCUT2D eigenvalue weighted by Gasteiger charge is 2.40. The van der Waals surface area contributed by atoms with Crippen molar-refractivity contribution in [2.24, 2.45) is 0 Å². The van der Waals surface area contributed by atoms with Gasteiger partial charge in [0.15, 0.2) is 5.60 Å². The van der Waals surface area contributed by atoms with E-state index in [1.807, 2.05) is 12.1 Å². The molecule has 1 fully saturated rings. The molecule has 0 radical (unpaired) electrons. The smallest absolute Gasteiger partial charge is 0.335 e. The van der Waals surface area contributed by atoms with Gasteiger partial charge in [-0.2, -0.15) is 0 Å². The van der Waals surface area contributed by atoms with E-state index in [4.69, 9.17) is 9.84 Å². The van der Waals surface area contributed by atoms with E-state index in [1.54, 1.807) is 41.6 Å². The lowest BCUT2D eigenvalue weighted by Crippen LogP contribution is -2.50. The normalized spacial score (nSPS) is 16.1. The monoisotopic (exact) mass is 356 g/mol. The largest absolute Gasteiger partial charge is 0.489 e. The Bertz CT molecular complexity index is 786. The standard InChI is InChI=1S/C19H20N2O5/c22-17(21-9-6-19(25,7-10-21)18(23)24)15-4-1-5-16(11-15)26-13-14-3-2-8-20-12-14/h1-5,8,11-12,25H,6-7,9-10,13H2,(H,23,24). The number of carbonyl (C=O) groups excluding carboxylic acids is 1. The first-order chi connectivity index (χ1) is 12.5. The minimum atomic E-state index is -1.74. The average Bonchev–Trinajstić information content (AvgIpc) is 2.67. The third kappa shape index (κ3) is 4.00. The molecule has 0 bridgehead atoms. The van der Waals surface area contributed by atoms with Crippen LogP contribution in [0.3, 0.4) is 0 Å². The fourth-order valence-electron chi connectivity index (χ4n) is 2.85. The number of ether oxygens (including phenoxy) is 1. The van der Waals surface area contributed by atoms with Gasteiger partial charge in [0.2, 0.25) is 0 Å². The van der Waals surface area contributed by atoms with Crippen molar-refractivity contribution in [1.82, 2.24) is 9.88 Å². The minimum absolute atomic E-state index is 0.0191. The van der Waals surface area contributed by atoms with Crippen LogP contribution in [0.1, 0.15) is 28.8 Å². The fraction of sp³-hybridized carbons (Fsp3) is 0.316. The van der Waals surface area contributed by atoms with Gasteiger partial charge in [0.1, 0.15) is 12.4 Å². The molecule has 7 heteroatoms. The van der Waals surface area contributed by atoms with E-state index in [0.29, 0.717) is 17.9 Å². The number of carboxylic acid groups (broad SMARTS) is 1. The Hall–Kier alpha value is -2.93. The molecule has 1 aromatic carbocycles. The SMILES string of the molecule is O=C(c1cccc(OCc2cccnc2)c1)N1CCC(O)(C(=O)O)CC1. The van der Waals surface area contributed by atoms with Crippen molar-refractivity contribution in [2.75, 3.05) is 13.1 Å². The van der Waals surface area contributed by atoms with Gasteiger partial charge in [-0.25, -0.2) is 4.79 Å². The molecule has 26 heavy (non-hydrogen) atoms. The maximum absolute atomic E-state index is 12.6. The summed E-state index contributed by atoms with van der Waals surface area (Å²) >= 11 is 0. The Morgan fingerprint density at radius 1 is 1.19 bits per heavy atom. The van der Waals surface area contributed by atoms with Gasteiger partial charge in [-0.3, -0.25) is 9.78 Å². The summed E-state index contributed by atoms with van der Waals surface area (Å²) in [6.07, 6.45) is 3.44. The van der Waals surface area contributed by atoms with Crippen molar-refractivity contribution in [3.05, 3.63) is 59.9 Å². The number of benzene rings is 1. The van der Waals surface area contributed by atoms with E-state index in [0.717, 1.165) is 5.56 Å². The van der Waals surface area contributed by atoms with E-state index < -0.39 is 11.6 Å². The van der Waals surface area contributed by atoms with Gasteiger partial charge in [0.05, 0.1) is 0 Å². The molecule has 1 amide bonds.